The highest BCUT2D eigenvalue weighted by molar-refractivity contribution is 7.13. The van der Waals surface area contributed by atoms with Crippen molar-refractivity contribution in [2.45, 2.75) is 19.1 Å². The highest BCUT2D eigenvalue weighted by Crippen LogP contribution is 2.37. The summed E-state index contributed by atoms with van der Waals surface area (Å²) in [7, 11) is 1.16. The molecule has 1 amide bonds. The number of aryl methyl sites for hydroxylation is 1. The Bertz CT molecular complexity index is 625. The second-order valence-corrected chi connectivity index (χ2v) is 5.75. The van der Waals surface area contributed by atoms with E-state index in [-0.39, 0.29) is 10.4 Å². The molecule has 2 aromatic rings. The molecule has 21 heavy (non-hydrogen) atoms. The van der Waals surface area contributed by atoms with E-state index in [0.717, 1.165) is 18.4 Å². The Morgan fingerprint density at radius 1 is 1.29 bits per heavy atom. The average molecular weight is 314 g/mol. The van der Waals surface area contributed by atoms with Crippen molar-refractivity contribution in [1.29, 1.82) is 0 Å². The van der Waals surface area contributed by atoms with Crippen molar-refractivity contribution in [3.8, 4) is 0 Å². The highest BCUT2D eigenvalue weighted by Gasteiger charge is 2.45. The minimum atomic E-state index is -4.55. The smallest absolute Gasteiger partial charge is 0.325 e. The quantitative estimate of drug-likeness (QED) is 0.863. The van der Waals surface area contributed by atoms with E-state index in [1.54, 1.807) is 13.0 Å². The number of hydrogen-bond donors (Lipinski definition) is 0. The number of aromatic nitrogens is 1. The van der Waals surface area contributed by atoms with Crippen molar-refractivity contribution < 1.29 is 18.0 Å². The summed E-state index contributed by atoms with van der Waals surface area (Å²) in [6.45, 7) is 1.69. The van der Waals surface area contributed by atoms with E-state index in [0.29, 0.717) is 9.91 Å². The fraction of sp³-hybridized carbons (Fsp3) is 0.286. The fourth-order valence-corrected chi connectivity index (χ4v) is 2.78. The van der Waals surface area contributed by atoms with Gasteiger partial charge in [-0.1, -0.05) is 30.3 Å². The number of carbonyl (C=O) groups excluding carboxylic acids is 1. The molecule has 0 aliphatic carbocycles. The molecule has 0 radical (unpaired) electrons. The Kier molecular flexibility index (Phi) is 4.32. The molecule has 1 aromatic carbocycles. The first kappa shape index (κ1) is 15.5. The lowest BCUT2D eigenvalue weighted by molar-refractivity contribution is -0.176. The summed E-state index contributed by atoms with van der Waals surface area (Å²) in [5, 5.41) is 0.634. The second-order valence-electron chi connectivity index (χ2n) is 4.51. The molecule has 1 aromatic heterocycles. The summed E-state index contributed by atoms with van der Waals surface area (Å²) in [6, 6.07) is 5.41. The molecule has 1 unspecified atom stereocenters. The first-order valence-corrected chi connectivity index (χ1v) is 6.93. The number of halogens is 3. The molecule has 0 saturated carbocycles. The van der Waals surface area contributed by atoms with Crippen molar-refractivity contribution >= 4 is 17.2 Å². The van der Waals surface area contributed by atoms with Crippen LogP contribution in [-0.2, 0) is 0 Å². The number of rotatable bonds is 3. The van der Waals surface area contributed by atoms with Crippen molar-refractivity contribution in [2.24, 2.45) is 0 Å². The average Bonchev–Trinajstić information content (AvgIpc) is 2.84. The van der Waals surface area contributed by atoms with Crippen molar-refractivity contribution in [1.82, 2.24) is 9.88 Å². The van der Waals surface area contributed by atoms with Crippen LogP contribution in [0.1, 0.15) is 26.3 Å². The summed E-state index contributed by atoms with van der Waals surface area (Å²) < 4.78 is 40.0. The van der Waals surface area contributed by atoms with Gasteiger partial charge in [-0.3, -0.25) is 4.79 Å². The van der Waals surface area contributed by atoms with Gasteiger partial charge in [-0.25, -0.2) is 4.98 Å². The monoisotopic (exact) mass is 314 g/mol. The standard InChI is InChI=1S/C14H13F3N2OS/c1-9-18-8-11(21-9)13(20)19(2)12(14(15,16)17)10-6-4-3-5-7-10/h3-8,12H,1-2H3. The summed E-state index contributed by atoms with van der Waals surface area (Å²) in [6.07, 6.45) is -3.25. The molecule has 3 nitrogen and oxygen atoms in total. The Balaban J connectivity index is 2.36. The van der Waals surface area contributed by atoms with Crippen LogP contribution in [0.2, 0.25) is 0 Å². The lowest BCUT2D eigenvalue weighted by Crippen LogP contribution is -2.39. The molecule has 7 heteroatoms. The second kappa shape index (κ2) is 5.85. The Hall–Kier alpha value is -1.89. The minimum absolute atomic E-state index is 0.0297. The highest BCUT2D eigenvalue weighted by atomic mass is 32.1. The van der Waals surface area contributed by atoms with Crippen LogP contribution < -0.4 is 0 Å². The molecule has 0 bridgehead atoms. The van der Waals surface area contributed by atoms with E-state index < -0.39 is 18.1 Å². The molecular weight excluding hydrogens is 301 g/mol. The zero-order valence-corrected chi connectivity index (χ0v) is 12.2. The number of hydrogen-bond acceptors (Lipinski definition) is 3. The molecule has 1 atom stereocenters. The van der Waals surface area contributed by atoms with E-state index >= 15 is 0 Å². The third-order valence-electron chi connectivity index (χ3n) is 2.97. The summed E-state index contributed by atoms with van der Waals surface area (Å²) >= 11 is 1.08. The van der Waals surface area contributed by atoms with Crippen LogP contribution in [0.5, 0.6) is 0 Å². The number of thiazole rings is 1. The zero-order chi connectivity index (χ0) is 15.6. The van der Waals surface area contributed by atoms with Gasteiger partial charge in [-0.15, -0.1) is 11.3 Å². The van der Waals surface area contributed by atoms with Gasteiger partial charge in [0.1, 0.15) is 4.88 Å². The SMILES string of the molecule is Cc1ncc(C(=O)N(C)C(c2ccccc2)C(F)(F)F)s1. The summed E-state index contributed by atoms with van der Waals surface area (Å²) in [5.41, 5.74) is 0.0297. The van der Waals surface area contributed by atoms with Gasteiger partial charge in [0.15, 0.2) is 6.04 Å². The van der Waals surface area contributed by atoms with Crippen molar-refractivity contribution in [2.75, 3.05) is 7.05 Å². The maximum atomic E-state index is 13.3. The summed E-state index contributed by atoms with van der Waals surface area (Å²) in [5.74, 6) is -0.688. The largest absolute Gasteiger partial charge is 0.413 e. The van der Waals surface area contributed by atoms with Crippen LogP contribution in [-0.4, -0.2) is 29.0 Å². The Labute approximate surface area is 124 Å². The Morgan fingerprint density at radius 2 is 1.90 bits per heavy atom. The molecule has 0 aliphatic rings. The van der Waals surface area contributed by atoms with Gasteiger partial charge in [-0.05, 0) is 12.5 Å². The van der Waals surface area contributed by atoms with Crippen molar-refractivity contribution in [3.63, 3.8) is 0 Å². The number of alkyl halides is 3. The van der Waals surface area contributed by atoms with Crippen LogP contribution in [0.25, 0.3) is 0 Å². The molecule has 1 heterocycles. The predicted octanol–water partition coefficient (Wildman–Crippen LogP) is 3.83. The molecule has 112 valence electrons. The third-order valence-corrected chi connectivity index (χ3v) is 3.87. The van der Waals surface area contributed by atoms with Gasteiger partial charge in [0.25, 0.3) is 5.91 Å². The van der Waals surface area contributed by atoms with Crippen LogP contribution >= 0.6 is 11.3 Å². The summed E-state index contributed by atoms with van der Waals surface area (Å²) in [4.78, 5) is 17.0. The van der Waals surface area contributed by atoms with Gasteiger partial charge >= 0.3 is 6.18 Å². The maximum Gasteiger partial charge on any atom is 0.413 e. The van der Waals surface area contributed by atoms with Gasteiger partial charge in [0.2, 0.25) is 0 Å². The fourth-order valence-electron chi connectivity index (χ4n) is 2.02. The Morgan fingerprint density at radius 3 is 2.38 bits per heavy atom. The third kappa shape index (κ3) is 3.41. The number of amides is 1. The van der Waals surface area contributed by atoms with E-state index in [1.165, 1.54) is 30.5 Å². The maximum absolute atomic E-state index is 13.3. The molecule has 0 aliphatic heterocycles. The van der Waals surface area contributed by atoms with Gasteiger partial charge in [0, 0.05) is 7.05 Å². The lowest BCUT2D eigenvalue weighted by atomic mass is 10.1. The molecule has 0 fully saturated rings. The predicted molar refractivity (Wildman–Crippen MR) is 74.2 cm³/mol. The van der Waals surface area contributed by atoms with Gasteiger partial charge in [-0.2, -0.15) is 13.2 Å². The van der Waals surface area contributed by atoms with E-state index in [1.807, 2.05) is 0 Å². The lowest BCUT2D eigenvalue weighted by Gasteiger charge is -2.30. The van der Waals surface area contributed by atoms with E-state index in [4.69, 9.17) is 0 Å². The molecule has 0 N–H and O–H groups in total. The molecular formula is C14H13F3N2OS. The van der Waals surface area contributed by atoms with E-state index in [2.05, 4.69) is 4.98 Å². The first-order valence-electron chi connectivity index (χ1n) is 6.12. The van der Waals surface area contributed by atoms with Crippen LogP contribution in [0, 0.1) is 6.92 Å². The zero-order valence-electron chi connectivity index (χ0n) is 11.4. The number of carbonyl (C=O) groups is 1. The van der Waals surface area contributed by atoms with Crippen LogP contribution in [0.3, 0.4) is 0 Å². The van der Waals surface area contributed by atoms with Crippen LogP contribution in [0.4, 0.5) is 13.2 Å². The van der Waals surface area contributed by atoms with Gasteiger partial charge in [0.05, 0.1) is 11.2 Å². The van der Waals surface area contributed by atoms with E-state index in [9.17, 15) is 18.0 Å². The van der Waals surface area contributed by atoms with Crippen LogP contribution in [0.15, 0.2) is 36.5 Å². The van der Waals surface area contributed by atoms with Crippen molar-refractivity contribution in [3.05, 3.63) is 52.0 Å². The number of nitrogens with zero attached hydrogens (tertiary/aromatic N) is 2. The minimum Gasteiger partial charge on any atom is -0.325 e. The molecule has 2 rings (SSSR count). The van der Waals surface area contributed by atoms with Gasteiger partial charge < -0.3 is 4.90 Å². The molecule has 0 saturated heterocycles. The number of benzene rings is 1. The first-order chi connectivity index (χ1) is 9.80. The molecule has 0 spiro atoms. The normalized spacial score (nSPS) is 13.0. The topological polar surface area (TPSA) is 33.2 Å².